The van der Waals surface area contributed by atoms with Crippen molar-refractivity contribution >= 4 is 17.8 Å². The van der Waals surface area contributed by atoms with Gasteiger partial charge in [0.25, 0.3) is 0 Å². The van der Waals surface area contributed by atoms with Crippen molar-refractivity contribution in [1.29, 1.82) is 0 Å². The minimum absolute atomic E-state index is 0.00200. The summed E-state index contributed by atoms with van der Waals surface area (Å²) in [7, 11) is 0. The van der Waals surface area contributed by atoms with E-state index in [1.807, 2.05) is 20.8 Å². The molecule has 0 aromatic rings. The Morgan fingerprint density at radius 3 is 2.63 bits per heavy atom. The summed E-state index contributed by atoms with van der Waals surface area (Å²) in [4.78, 5) is 43.1. The Bertz CT molecular complexity index is 752. The molecule has 3 fully saturated rings. The van der Waals surface area contributed by atoms with Gasteiger partial charge in [-0.1, -0.05) is 18.7 Å². The van der Waals surface area contributed by atoms with Crippen molar-refractivity contribution in [1.82, 2.24) is 9.80 Å². The van der Waals surface area contributed by atoms with Crippen LogP contribution < -0.4 is 0 Å². The molecule has 0 radical (unpaired) electrons. The summed E-state index contributed by atoms with van der Waals surface area (Å²) in [5.74, 6) is -2.72. The summed E-state index contributed by atoms with van der Waals surface area (Å²) >= 11 is 0. The number of aliphatic hydroxyl groups excluding tert-OH is 1. The van der Waals surface area contributed by atoms with Crippen LogP contribution in [0.15, 0.2) is 25.3 Å². The van der Waals surface area contributed by atoms with Crippen molar-refractivity contribution in [3.8, 4) is 0 Å². The van der Waals surface area contributed by atoms with Crippen LogP contribution in [0, 0.1) is 11.8 Å². The summed E-state index contributed by atoms with van der Waals surface area (Å²) in [5, 5.41) is 9.59. The minimum Gasteiger partial charge on any atom is -0.461 e. The van der Waals surface area contributed by atoms with Crippen LogP contribution in [-0.2, 0) is 23.9 Å². The van der Waals surface area contributed by atoms with Crippen molar-refractivity contribution in [2.45, 2.75) is 56.9 Å². The maximum absolute atomic E-state index is 13.7. The number of carbonyl (C=O) groups excluding carboxylic acids is 3. The first kappa shape index (κ1) is 22.5. The molecule has 30 heavy (non-hydrogen) atoms. The number of likely N-dealkylation sites (tertiary alicyclic amines) is 1. The number of fused-ring (bicyclic) bond motifs is 1. The van der Waals surface area contributed by atoms with E-state index in [0.29, 0.717) is 19.4 Å². The molecule has 3 heterocycles. The van der Waals surface area contributed by atoms with Gasteiger partial charge >= 0.3 is 5.97 Å². The number of β-amino-alcohol motifs (C(OH)–C–C–N with tert-alkyl or cyclic N) is 1. The second kappa shape index (κ2) is 8.15. The molecule has 3 aliphatic heterocycles. The number of rotatable bonds is 9. The standard InChI is InChI=1S/C22H32N2O6/c1-6-10-23(14(3)4)19(27)17-22-9-8-21(5,30-22)16(20(28)29-13-7-2)15(22)18(26)24(17)11-12-25/h6-7,14-17,25H,1-2,8-13H2,3-5H3/t15-,16-,17?,21+,22?/m0/s1. The molecule has 0 saturated carbocycles. The van der Waals surface area contributed by atoms with Crippen LogP contribution in [0.2, 0.25) is 0 Å². The zero-order valence-electron chi connectivity index (χ0n) is 18.0. The molecule has 0 aromatic carbocycles. The maximum Gasteiger partial charge on any atom is 0.313 e. The average molecular weight is 421 g/mol. The molecule has 0 aromatic heterocycles. The molecule has 8 heteroatoms. The van der Waals surface area contributed by atoms with E-state index in [1.54, 1.807) is 11.0 Å². The van der Waals surface area contributed by atoms with Gasteiger partial charge in [-0.25, -0.2) is 0 Å². The number of aliphatic hydroxyl groups is 1. The van der Waals surface area contributed by atoms with Crippen LogP contribution in [0.4, 0.5) is 0 Å². The lowest BCUT2D eigenvalue weighted by molar-refractivity contribution is -0.159. The summed E-state index contributed by atoms with van der Waals surface area (Å²) in [6.07, 6.45) is 4.15. The second-order valence-corrected chi connectivity index (χ2v) is 8.77. The molecule has 2 bridgehead atoms. The van der Waals surface area contributed by atoms with Gasteiger partial charge in [-0.3, -0.25) is 14.4 Å². The molecule has 5 atom stereocenters. The molecule has 8 nitrogen and oxygen atoms in total. The average Bonchev–Trinajstić information content (AvgIpc) is 3.25. The van der Waals surface area contributed by atoms with Gasteiger partial charge in [0.15, 0.2) is 0 Å². The van der Waals surface area contributed by atoms with Gasteiger partial charge < -0.3 is 24.4 Å². The summed E-state index contributed by atoms with van der Waals surface area (Å²) in [6, 6.07) is -1.01. The van der Waals surface area contributed by atoms with Crippen LogP contribution in [0.1, 0.15) is 33.6 Å². The quantitative estimate of drug-likeness (QED) is 0.440. The number of nitrogens with zero attached hydrogens (tertiary/aromatic N) is 2. The smallest absolute Gasteiger partial charge is 0.313 e. The molecule has 3 aliphatic rings. The lowest BCUT2D eigenvalue weighted by Crippen LogP contribution is -2.57. The van der Waals surface area contributed by atoms with Crippen molar-refractivity contribution in [2.24, 2.45) is 11.8 Å². The van der Waals surface area contributed by atoms with Crippen molar-refractivity contribution < 1.29 is 29.0 Å². The SMILES string of the molecule is C=CCOC(=O)[C@@H]1[C@H]2C(=O)N(CCO)C(C(=O)N(CC=C)C(C)C)C23CC[C@@]1(C)O3. The fourth-order valence-corrected chi connectivity index (χ4v) is 5.49. The third kappa shape index (κ3) is 3.17. The van der Waals surface area contributed by atoms with Crippen LogP contribution in [0.5, 0.6) is 0 Å². The normalized spacial score (nSPS) is 34.2. The van der Waals surface area contributed by atoms with Crippen LogP contribution in [0.25, 0.3) is 0 Å². The Hall–Kier alpha value is -2.19. The summed E-state index contributed by atoms with van der Waals surface area (Å²) < 4.78 is 11.7. The first-order chi connectivity index (χ1) is 14.2. The zero-order chi connectivity index (χ0) is 22.3. The Labute approximate surface area is 177 Å². The zero-order valence-corrected chi connectivity index (χ0v) is 18.0. The van der Waals surface area contributed by atoms with E-state index in [4.69, 9.17) is 9.47 Å². The van der Waals surface area contributed by atoms with Gasteiger partial charge in [0.2, 0.25) is 11.8 Å². The topological polar surface area (TPSA) is 96.4 Å². The highest BCUT2D eigenvalue weighted by atomic mass is 16.6. The molecule has 1 N–H and O–H groups in total. The van der Waals surface area contributed by atoms with E-state index < -0.39 is 35.0 Å². The van der Waals surface area contributed by atoms with E-state index in [0.717, 1.165) is 0 Å². The summed E-state index contributed by atoms with van der Waals surface area (Å²) in [5.41, 5.74) is -1.98. The number of carbonyl (C=O) groups is 3. The molecule has 166 valence electrons. The molecule has 1 spiro atoms. The fraction of sp³-hybridized carbons (Fsp3) is 0.682. The highest BCUT2D eigenvalue weighted by Crippen LogP contribution is 2.63. The van der Waals surface area contributed by atoms with E-state index in [2.05, 4.69) is 13.2 Å². The number of hydrogen-bond acceptors (Lipinski definition) is 6. The lowest BCUT2D eigenvalue weighted by atomic mass is 9.66. The van der Waals surface area contributed by atoms with Crippen LogP contribution in [-0.4, -0.2) is 82.3 Å². The Kier molecular flexibility index (Phi) is 6.11. The second-order valence-electron chi connectivity index (χ2n) is 8.77. The van der Waals surface area contributed by atoms with Gasteiger partial charge in [-0.05, 0) is 33.6 Å². The first-order valence-corrected chi connectivity index (χ1v) is 10.5. The largest absolute Gasteiger partial charge is 0.461 e. The van der Waals surface area contributed by atoms with Gasteiger partial charge in [0, 0.05) is 19.1 Å². The predicted octanol–water partition coefficient (Wildman–Crippen LogP) is 0.896. The highest BCUT2D eigenvalue weighted by molar-refractivity contribution is 5.98. The monoisotopic (exact) mass is 420 g/mol. The molecule has 2 amide bonds. The van der Waals surface area contributed by atoms with Crippen molar-refractivity contribution in [3.05, 3.63) is 25.3 Å². The Balaban J connectivity index is 2.05. The Morgan fingerprint density at radius 1 is 1.37 bits per heavy atom. The highest BCUT2D eigenvalue weighted by Gasteiger charge is 2.78. The van der Waals surface area contributed by atoms with Crippen LogP contribution in [0.3, 0.4) is 0 Å². The van der Waals surface area contributed by atoms with E-state index >= 15 is 0 Å². The number of esters is 1. The number of hydrogen-bond donors (Lipinski definition) is 1. The van der Waals surface area contributed by atoms with Gasteiger partial charge in [-0.2, -0.15) is 0 Å². The fourth-order valence-electron chi connectivity index (χ4n) is 5.49. The number of amides is 2. The lowest BCUT2D eigenvalue weighted by Gasteiger charge is -2.38. The third-order valence-electron chi connectivity index (χ3n) is 6.68. The number of ether oxygens (including phenoxy) is 2. The first-order valence-electron chi connectivity index (χ1n) is 10.5. The molecule has 3 saturated heterocycles. The van der Waals surface area contributed by atoms with E-state index in [-0.39, 0.29) is 37.6 Å². The molecular formula is C22H32N2O6. The van der Waals surface area contributed by atoms with E-state index in [1.165, 1.54) is 11.0 Å². The van der Waals surface area contributed by atoms with E-state index in [9.17, 15) is 19.5 Å². The third-order valence-corrected chi connectivity index (χ3v) is 6.68. The molecule has 2 unspecified atom stereocenters. The summed E-state index contributed by atoms with van der Waals surface area (Å²) in [6.45, 7) is 13.0. The van der Waals surface area contributed by atoms with Crippen LogP contribution >= 0.6 is 0 Å². The van der Waals surface area contributed by atoms with Gasteiger partial charge in [-0.15, -0.1) is 6.58 Å². The maximum atomic E-state index is 13.7. The van der Waals surface area contributed by atoms with Crippen molar-refractivity contribution in [2.75, 3.05) is 26.3 Å². The minimum atomic E-state index is -1.11. The van der Waals surface area contributed by atoms with Crippen molar-refractivity contribution in [3.63, 3.8) is 0 Å². The van der Waals surface area contributed by atoms with Gasteiger partial charge in [0.05, 0.1) is 18.1 Å². The van der Waals surface area contributed by atoms with Gasteiger partial charge in [0.1, 0.15) is 24.2 Å². The Morgan fingerprint density at radius 2 is 2.07 bits per heavy atom. The molecule has 3 rings (SSSR count). The predicted molar refractivity (Wildman–Crippen MR) is 109 cm³/mol. The molecule has 0 aliphatic carbocycles. The molecular weight excluding hydrogens is 388 g/mol.